The van der Waals surface area contributed by atoms with Crippen molar-refractivity contribution in [3.63, 3.8) is 0 Å². The molecule has 9 heteroatoms. The zero-order valence-corrected chi connectivity index (χ0v) is 18.1. The summed E-state index contributed by atoms with van der Waals surface area (Å²) in [6.07, 6.45) is 1.09. The van der Waals surface area contributed by atoms with Crippen molar-refractivity contribution in [1.82, 2.24) is 10.2 Å². The van der Waals surface area contributed by atoms with Crippen molar-refractivity contribution >= 4 is 46.7 Å². The first-order chi connectivity index (χ1) is 10.9. The SMILES string of the molecule is CCOc1cc(CNCCCN(C)C)cc(Br)c1OCC(N)=O.Cl.Cl. The molecule has 0 heterocycles. The Kier molecular flexibility index (Phi) is 15.3. The highest BCUT2D eigenvalue weighted by Gasteiger charge is 2.13. The number of carbonyl (C=O) groups is 1. The van der Waals surface area contributed by atoms with Crippen molar-refractivity contribution in [2.24, 2.45) is 5.73 Å². The first kappa shape index (κ1) is 26.5. The van der Waals surface area contributed by atoms with Gasteiger partial charge in [-0.05, 0) is 74.2 Å². The van der Waals surface area contributed by atoms with E-state index in [0.29, 0.717) is 18.1 Å². The molecule has 0 saturated heterocycles. The van der Waals surface area contributed by atoms with E-state index in [1.807, 2.05) is 19.1 Å². The monoisotopic (exact) mass is 459 g/mol. The van der Waals surface area contributed by atoms with E-state index in [1.165, 1.54) is 0 Å². The fourth-order valence-corrected chi connectivity index (χ4v) is 2.63. The number of nitrogens with one attached hydrogen (secondary N) is 1. The molecule has 1 rings (SSSR count). The molecular weight excluding hydrogens is 433 g/mol. The average Bonchev–Trinajstić information content (AvgIpc) is 2.45. The van der Waals surface area contributed by atoms with Crippen LogP contribution < -0.4 is 20.5 Å². The number of hydrogen-bond acceptors (Lipinski definition) is 5. The van der Waals surface area contributed by atoms with Crippen molar-refractivity contribution in [3.05, 3.63) is 22.2 Å². The zero-order valence-electron chi connectivity index (χ0n) is 14.8. The molecule has 6 nitrogen and oxygen atoms in total. The largest absolute Gasteiger partial charge is 0.490 e. The minimum absolute atomic E-state index is 0. The Morgan fingerprint density at radius 3 is 2.52 bits per heavy atom. The van der Waals surface area contributed by atoms with Crippen molar-refractivity contribution in [2.45, 2.75) is 19.9 Å². The number of benzene rings is 1. The maximum atomic E-state index is 10.9. The van der Waals surface area contributed by atoms with Crippen LogP contribution in [0, 0.1) is 0 Å². The second-order valence-corrected chi connectivity index (χ2v) is 6.28. The number of halogens is 3. The first-order valence-electron chi connectivity index (χ1n) is 7.65. The fraction of sp³-hybridized carbons (Fsp3) is 0.562. The maximum Gasteiger partial charge on any atom is 0.255 e. The van der Waals surface area contributed by atoms with Crippen LogP contribution in [0.3, 0.4) is 0 Å². The molecule has 1 amide bonds. The molecular formula is C16H28BrCl2N3O3. The molecule has 0 aliphatic rings. The summed E-state index contributed by atoms with van der Waals surface area (Å²) in [7, 11) is 4.13. The summed E-state index contributed by atoms with van der Waals surface area (Å²) in [6.45, 7) is 4.97. The van der Waals surface area contributed by atoms with Gasteiger partial charge in [-0.25, -0.2) is 0 Å². The average molecular weight is 461 g/mol. The van der Waals surface area contributed by atoms with Crippen molar-refractivity contribution < 1.29 is 14.3 Å². The molecule has 0 bridgehead atoms. The number of primary amides is 1. The number of amides is 1. The number of rotatable bonds is 11. The van der Waals surface area contributed by atoms with E-state index in [2.05, 4.69) is 40.2 Å². The van der Waals surface area contributed by atoms with Gasteiger partial charge in [0.25, 0.3) is 5.91 Å². The van der Waals surface area contributed by atoms with Gasteiger partial charge in [0.15, 0.2) is 18.1 Å². The first-order valence-corrected chi connectivity index (χ1v) is 8.45. The molecule has 0 aromatic heterocycles. The smallest absolute Gasteiger partial charge is 0.255 e. The van der Waals surface area contributed by atoms with Crippen LogP contribution in [0.2, 0.25) is 0 Å². The molecule has 0 aliphatic heterocycles. The van der Waals surface area contributed by atoms with E-state index >= 15 is 0 Å². The van der Waals surface area contributed by atoms with Gasteiger partial charge in [-0.2, -0.15) is 0 Å². The quantitative estimate of drug-likeness (QED) is 0.496. The lowest BCUT2D eigenvalue weighted by molar-refractivity contribution is -0.119. The van der Waals surface area contributed by atoms with E-state index in [0.717, 1.165) is 36.1 Å². The molecule has 146 valence electrons. The molecule has 0 saturated carbocycles. The van der Waals surface area contributed by atoms with Crippen molar-refractivity contribution in [1.29, 1.82) is 0 Å². The van der Waals surface area contributed by atoms with Crippen molar-refractivity contribution in [3.8, 4) is 11.5 Å². The van der Waals surface area contributed by atoms with E-state index in [9.17, 15) is 4.79 Å². The third-order valence-corrected chi connectivity index (χ3v) is 3.60. The Morgan fingerprint density at radius 1 is 1.28 bits per heavy atom. The Hall–Kier alpha value is -0.730. The van der Waals surface area contributed by atoms with Crippen LogP contribution in [0.5, 0.6) is 11.5 Å². The van der Waals surface area contributed by atoms with Gasteiger partial charge < -0.3 is 25.4 Å². The van der Waals surface area contributed by atoms with E-state index in [4.69, 9.17) is 15.2 Å². The third-order valence-electron chi connectivity index (χ3n) is 3.02. The second-order valence-electron chi connectivity index (χ2n) is 5.43. The predicted octanol–water partition coefficient (Wildman–Crippen LogP) is 2.60. The number of nitrogens with zero attached hydrogens (tertiary/aromatic N) is 1. The van der Waals surface area contributed by atoms with Crippen LogP contribution in [-0.2, 0) is 11.3 Å². The van der Waals surface area contributed by atoms with E-state index in [-0.39, 0.29) is 31.4 Å². The minimum atomic E-state index is -0.522. The fourth-order valence-electron chi connectivity index (χ4n) is 2.02. The van der Waals surface area contributed by atoms with Crippen LogP contribution in [0.1, 0.15) is 18.9 Å². The molecule has 0 spiro atoms. The second kappa shape index (κ2) is 14.4. The summed E-state index contributed by atoms with van der Waals surface area (Å²) in [5.41, 5.74) is 6.21. The predicted molar refractivity (Wildman–Crippen MR) is 109 cm³/mol. The summed E-state index contributed by atoms with van der Waals surface area (Å²) < 4.78 is 11.8. The lowest BCUT2D eigenvalue weighted by atomic mass is 10.2. The molecule has 1 aromatic carbocycles. The van der Waals surface area contributed by atoms with Crippen LogP contribution in [-0.4, -0.2) is 51.2 Å². The summed E-state index contributed by atoms with van der Waals surface area (Å²) >= 11 is 3.47. The van der Waals surface area contributed by atoms with Gasteiger partial charge in [-0.3, -0.25) is 4.79 Å². The Labute approximate surface area is 170 Å². The minimum Gasteiger partial charge on any atom is -0.490 e. The van der Waals surface area contributed by atoms with Crippen LogP contribution in [0.25, 0.3) is 0 Å². The van der Waals surface area contributed by atoms with E-state index < -0.39 is 5.91 Å². The lowest BCUT2D eigenvalue weighted by Gasteiger charge is -2.15. The van der Waals surface area contributed by atoms with Gasteiger partial charge in [0.1, 0.15) is 0 Å². The van der Waals surface area contributed by atoms with Gasteiger partial charge in [0, 0.05) is 6.54 Å². The highest BCUT2D eigenvalue weighted by Crippen LogP contribution is 2.36. The lowest BCUT2D eigenvalue weighted by Crippen LogP contribution is -2.21. The summed E-state index contributed by atoms with van der Waals surface area (Å²) in [5, 5.41) is 3.41. The van der Waals surface area contributed by atoms with Crippen LogP contribution in [0.4, 0.5) is 0 Å². The molecule has 1 aromatic rings. The van der Waals surface area contributed by atoms with Crippen LogP contribution >= 0.6 is 40.7 Å². The number of carbonyl (C=O) groups excluding carboxylic acids is 1. The van der Waals surface area contributed by atoms with Gasteiger partial charge >= 0.3 is 0 Å². The van der Waals surface area contributed by atoms with Gasteiger partial charge in [0.2, 0.25) is 0 Å². The van der Waals surface area contributed by atoms with Gasteiger partial charge in [0.05, 0.1) is 11.1 Å². The Bertz CT molecular complexity index is 520. The normalized spacial score (nSPS) is 9.96. The molecule has 0 atom stereocenters. The Balaban J connectivity index is 0. The summed E-state index contributed by atoms with van der Waals surface area (Å²) in [5.74, 6) is 0.584. The zero-order chi connectivity index (χ0) is 17.2. The number of nitrogens with two attached hydrogens (primary N) is 1. The molecule has 0 fully saturated rings. The Morgan fingerprint density at radius 2 is 1.96 bits per heavy atom. The molecule has 3 N–H and O–H groups in total. The third kappa shape index (κ3) is 10.8. The molecule has 0 radical (unpaired) electrons. The standard InChI is InChI=1S/C16H26BrN3O3.2ClH/c1-4-22-14-9-12(10-19-6-5-7-20(2)3)8-13(17)16(14)23-11-15(18)21;;/h8-9,19H,4-7,10-11H2,1-3H3,(H2,18,21);2*1H. The summed E-state index contributed by atoms with van der Waals surface area (Å²) in [4.78, 5) is 13.1. The highest BCUT2D eigenvalue weighted by molar-refractivity contribution is 9.10. The molecule has 0 aliphatic carbocycles. The van der Waals surface area contributed by atoms with Crippen LogP contribution in [0.15, 0.2) is 16.6 Å². The summed E-state index contributed by atoms with van der Waals surface area (Å²) in [6, 6.07) is 3.88. The maximum absolute atomic E-state index is 10.9. The molecule has 0 unspecified atom stereocenters. The van der Waals surface area contributed by atoms with Gasteiger partial charge in [-0.15, -0.1) is 24.8 Å². The highest BCUT2D eigenvalue weighted by atomic mass is 79.9. The van der Waals surface area contributed by atoms with E-state index in [1.54, 1.807) is 0 Å². The molecule has 25 heavy (non-hydrogen) atoms. The van der Waals surface area contributed by atoms with Gasteiger partial charge in [-0.1, -0.05) is 0 Å². The number of ether oxygens (including phenoxy) is 2. The number of hydrogen-bond donors (Lipinski definition) is 2. The topological polar surface area (TPSA) is 76.8 Å². The van der Waals surface area contributed by atoms with Crippen molar-refractivity contribution in [2.75, 3.05) is 40.4 Å².